The third kappa shape index (κ3) is 1.21. The maximum atomic E-state index is 13.4. The summed E-state index contributed by atoms with van der Waals surface area (Å²) >= 11 is 1.22. The molecule has 0 unspecified atom stereocenters. The Balaban J connectivity index is 2.08. The molecule has 0 N–H and O–H groups in total. The zero-order valence-electron chi connectivity index (χ0n) is 7.48. The highest BCUT2D eigenvalue weighted by atomic mass is 32.2. The van der Waals surface area contributed by atoms with Gasteiger partial charge in [-0.15, -0.1) is 0 Å². The molecule has 2 aliphatic rings. The summed E-state index contributed by atoms with van der Waals surface area (Å²) in [6.45, 7) is 0. The number of hydrogen-bond donors (Lipinski definition) is 0. The van der Waals surface area contributed by atoms with Gasteiger partial charge in [-0.1, -0.05) is 6.07 Å². The van der Waals surface area contributed by atoms with E-state index in [0.717, 1.165) is 5.69 Å². The Kier molecular flexibility index (Phi) is 1.77. The first kappa shape index (κ1) is 8.29. The van der Waals surface area contributed by atoms with Gasteiger partial charge in [0.15, 0.2) is 0 Å². The van der Waals surface area contributed by atoms with Gasteiger partial charge in [0.05, 0.1) is 10.6 Å². The number of fused-ring (bicyclic) bond motifs is 1. The van der Waals surface area contributed by atoms with Crippen molar-refractivity contribution in [1.82, 2.24) is 0 Å². The number of halogens is 1. The lowest BCUT2D eigenvalue weighted by atomic mass is 10.3. The van der Waals surface area contributed by atoms with E-state index in [1.54, 1.807) is 6.07 Å². The smallest absolute Gasteiger partial charge is 0.140 e. The number of rotatable bonds is 1. The van der Waals surface area contributed by atoms with Gasteiger partial charge in [0, 0.05) is 18.0 Å². The normalized spacial score (nSPS) is 19.6. The molecule has 0 spiro atoms. The van der Waals surface area contributed by atoms with Gasteiger partial charge in [-0.25, -0.2) is 8.79 Å². The maximum Gasteiger partial charge on any atom is 0.140 e. The van der Waals surface area contributed by atoms with Crippen LogP contribution in [-0.4, -0.2) is 12.4 Å². The highest BCUT2D eigenvalue weighted by Gasteiger charge is 2.31. The number of anilines is 1. The molecule has 72 valence electrons. The van der Waals surface area contributed by atoms with Crippen molar-refractivity contribution in [3.63, 3.8) is 0 Å². The molecule has 2 nitrogen and oxygen atoms in total. The highest BCUT2D eigenvalue weighted by molar-refractivity contribution is 7.98. The topological polar surface area (TPSA) is 15.6 Å². The van der Waals surface area contributed by atoms with Crippen LogP contribution in [0.3, 0.4) is 0 Å². The highest BCUT2D eigenvalue weighted by Crippen LogP contribution is 2.40. The fraction of sp³-hybridized carbons (Fsp3) is 0.300. The van der Waals surface area contributed by atoms with Crippen molar-refractivity contribution in [1.29, 1.82) is 0 Å². The first-order valence-corrected chi connectivity index (χ1v) is 5.41. The second kappa shape index (κ2) is 2.98. The van der Waals surface area contributed by atoms with E-state index in [4.69, 9.17) is 0 Å². The predicted molar refractivity (Wildman–Crippen MR) is 56.3 cm³/mol. The van der Waals surface area contributed by atoms with Crippen molar-refractivity contribution in [2.24, 2.45) is 4.40 Å². The van der Waals surface area contributed by atoms with E-state index in [9.17, 15) is 4.39 Å². The zero-order valence-corrected chi connectivity index (χ0v) is 8.30. The van der Waals surface area contributed by atoms with Gasteiger partial charge in [0.2, 0.25) is 0 Å². The zero-order chi connectivity index (χ0) is 9.54. The molecule has 0 aromatic heterocycles. The van der Waals surface area contributed by atoms with Crippen LogP contribution < -0.4 is 4.90 Å². The second-order valence-corrected chi connectivity index (χ2v) is 4.34. The summed E-state index contributed by atoms with van der Waals surface area (Å²) in [7, 11) is 0. The van der Waals surface area contributed by atoms with Crippen LogP contribution in [0.1, 0.15) is 12.8 Å². The van der Waals surface area contributed by atoms with Crippen LogP contribution in [0.2, 0.25) is 0 Å². The Hall–Kier alpha value is -1.03. The van der Waals surface area contributed by atoms with Crippen molar-refractivity contribution >= 4 is 24.0 Å². The fourth-order valence-electron chi connectivity index (χ4n) is 1.62. The monoisotopic (exact) mass is 208 g/mol. The van der Waals surface area contributed by atoms with E-state index >= 15 is 0 Å². The average Bonchev–Trinajstić information content (AvgIpc) is 3.01. The lowest BCUT2D eigenvalue weighted by Gasteiger charge is -2.24. The molecule has 1 heterocycles. The third-order valence-electron chi connectivity index (χ3n) is 2.48. The Labute approximate surface area is 86.0 Å². The minimum absolute atomic E-state index is 0.171. The molecule has 1 aliphatic carbocycles. The van der Waals surface area contributed by atoms with Crippen LogP contribution in [0.5, 0.6) is 0 Å². The lowest BCUT2D eigenvalue weighted by Crippen LogP contribution is -2.25. The molecule has 1 aromatic rings. The van der Waals surface area contributed by atoms with Gasteiger partial charge in [0.25, 0.3) is 0 Å². The summed E-state index contributed by atoms with van der Waals surface area (Å²) in [5, 5.41) is 0. The minimum Gasteiger partial charge on any atom is -0.328 e. The van der Waals surface area contributed by atoms with Crippen LogP contribution in [-0.2, 0) is 0 Å². The molecule has 3 rings (SSSR count). The van der Waals surface area contributed by atoms with Crippen molar-refractivity contribution in [2.45, 2.75) is 23.8 Å². The molecule has 1 aliphatic heterocycles. The van der Waals surface area contributed by atoms with Crippen LogP contribution >= 0.6 is 11.9 Å². The van der Waals surface area contributed by atoms with E-state index in [0.29, 0.717) is 10.9 Å². The summed E-state index contributed by atoms with van der Waals surface area (Å²) in [6, 6.07) is 5.73. The molecular formula is C10H9FN2S. The van der Waals surface area contributed by atoms with Gasteiger partial charge >= 0.3 is 0 Å². The second-order valence-electron chi connectivity index (χ2n) is 3.54. The Morgan fingerprint density at radius 3 is 3.07 bits per heavy atom. The largest absolute Gasteiger partial charge is 0.328 e. The molecule has 0 radical (unpaired) electrons. The van der Waals surface area contributed by atoms with Gasteiger partial charge in [-0.05, 0) is 25.0 Å². The number of nitrogens with zero attached hydrogens (tertiary/aromatic N) is 2. The van der Waals surface area contributed by atoms with E-state index < -0.39 is 0 Å². The van der Waals surface area contributed by atoms with Gasteiger partial charge < -0.3 is 4.90 Å². The summed E-state index contributed by atoms with van der Waals surface area (Å²) in [5.74, 6) is -0.171. The van der Waals surface area contributed by atoms with Crippen molar-refractivity contribution in [2.75, 3.05) is 4.90 Å². The molecule has 1 fully saturated rings. The molecule has 0 bridgehead atoms. The molecule has 1 aromatic carbocycles. The first-order valence-electron chi connectivity index (χ1n) is 4.63. The average molecular weight is 208 g/mol. The Morgan fingerprint density at radius 2 is 2.29 bits per heavy atom. The van der Waals surface area contributed by atoms with Gasteiger partial charge in [-0.2, -0.15) is 0 Å². The number of hydrogen-bond acceptors (Lipinski definition) is 3. The van der Waals surface area contributed by atoms with Crippen molar-refractivity contribution in [3.8, 4) is 0 Å². The quantitative estimate of drug-likeness (QED) is 0.659. The van der Waals surface area contributed by atoms with Crippen LogP contribution in [0.25, 0.3) is 0 Å². The van der Waals surface area contributed by atoms with Crippen molar-refractivity contribution in [3.05, 3.63) is 24.0 Å². The van der Waals surface area contributed by atoms with E-state index in [2.05, 4.69) is 9.30 Å². The molecule has 0 saturated heterocycles. The molecular weight excluding hydrogens is 199 g/mol. The summed E-state index contributed by atoms with van der Waals surface area (Å²) in [5.41, 5.74) is 0.965. The number of benzene rings is 1. The van der Waals surface area contributed by atoms with Gasteiger partial charge in [-0.3, -0.25) is 0 Å². The predicted octanol–water partition coefficient (Wildman–Crippen LogP) is 2.84. The summed E-state index contributed by atoms with van der Waals surface area (Å²) < 4.78 is 17.5. The third-order valence-corrected chi connectivity index (χ3v) is 3.27. The molecule has 1 saturated carbocycles. The molecule has 0 atom stereocenters. The van der Waals surface area contributed by atoms with Crippen LogP contribution in [0.4, 0.5) is 10.1 Å². The Bertz CT molecular complexity index is 401. The van der Waals surface area contributed by atoms with E-state index in [1.807, 2.05) is 12.4 Å². The SMILES string of the molecule is Fc1cccc2c1SN=CN2C1CC1. The summed E-state index contributed by atoms with van der Waals surface area (Å²) in [4.78, 5) is 2.73. The minimum atomic E-state index is -0.171. The lowest BCUT2D eigenvalue weighted by molar-refractivity contribution is 0.601. The van der Waals surface area contributed by atoms with Crippen LogP contribution in [0.15, 0.2) is 27.5 Å². The van der Waals surface area contributed by atoms with E-state index in [1.165, 1.54) is 30.9 Å². The molecule has 14 heavy (non-hydrogen) atoms. The molecule has 0 amide bonds. The first-order chi connectivity index (χ1) is 6.86. The fourth-order valence-corrected chi connectivity index (χ4v) is 2.30. The molecule has 4 heteroatoms. The van der Waals surface area contributed by atoms with E-state index in [-0.39, 0.29) is 5.82 Å². The van der Waals surface area contributed by atoms with Crippen LogP contribution in [0, 0.1) is 5.82 Å². The Morgan fingerprint density at radius 1 is 1.43 bits per heavy atom. The van der Waals surface area contributed by atoms with Crippen molar-refractivity contribution < 1.29 is 4.39 Å². The van der Waals surface area contributed by atoms with Gasteiger partial charge in [0.1, 0.15) is 12.2 Å². The maximum absolute atomic E-state index is 13.4. The summed E-state index contributed by atoms with van der Waals surface area (Å²) in [6.07, 6.45) is 4.18. The standard InChI is InChI=1S/C10H9FN2S/c11-8-2-1-3-9-10(8)14-12-6-13(9)7-4-5-7/h1-3,6-7H,4-5H2.